The van der Waals surface area contributed by atoms with E-state index in [1.165, 1.54) is 24.3 Å². The van der Waals surface area contributed by atoms with Gasteiger partial charge in [-0.25, -0.2) is 4.79 Å². The minimum absolute atomic E-state index is 0.0432. The SMILES string of the molecule is CCN(CC(=O)O)C(=O)Nc1ccccc1OC(F)F. The highest BCUT2D eigenvalue weighted by atomic mass is 19.3. The number of carboxylic acids is 1. The number of nitrogens with zero attached hydrogens (tertiary/aromatic N) is 1. The molecule has 0 spiro atoms. The van der Waals surface area contributed by atoms with Crippen LogP contribution in [0.5, 0.6) is 5.75 Å². The lowest BCUT2D eigenvalue weighted by Crippen LogP contribution is -2.38. The fourth-order valence-corrected chi connectivity index (χ4v) is 1.45. The number of hydrogen-bond donors (Lipinski definition) is 2. The highest BCUT2D eigenvalue weighted by Crippen LogP contribution is 2.25. The Hall–Kier alpha value is -2.38. The van der Waals surface area contributed by atoms with Crippen LogP contribution in [0.15, 0.2) is 24.3 Å². The molecule has 8 heteroatoms. The van der Waals surface area contributed by atoms with Crippen LogP contribution in [-0.2, 0) is 4.79 Å². The number of para-hydroxylation sites is 2. The number of benzene rings is 1. The number of halogens is 2. The third-order valence-corrected chi connectivity index (χ3v) is 2.34. The second kappa shape index (κ2) is 7.27. The number of hydrogen-bond acceptors (Lipinski definition) is 3. The molecule has 0 bridgehead atoms. The normalized spacial score (nSPS) is 10.2. The first kappa shape index (κ1) is 15.7. The van der Waals surface area contributed by atoms with Crippen LogP contribution >= 0.6 is 0 Å². The molecule has 1 rings (SSSR count). The maximum atomic E-state index is 12.2. The van der Waals surface area contributed by atoms with Crippen molar-refractivity contribution >= 4 is 17.7 Å². The van der Waals surface area contributed by atoms with Crippen LogP contribution in [0.2, 0.25) is 0 Å². The lowest BCUT2D eigenvalue weighted by atomic mass is 10.3. The molecule has 110 valence electrons. The van der Waals surface area contributed by atoms with Gasteiger partial charge in [-0.1, -0.05) is 12.1 Å². The Bertz CT molecular complexity index is 482. The molecular formula is C12H14F2N2O4. The summed E-state index contributed by atoms with van der Waals surface area (Å²) in [5.41, 5.74) is 0.0432. The van der Waals surface area contributed by atoms with Gasteiger partial charge in [0.25, 0.3) is 0 Å². The standard InChI is InChI=1S/C12H14F2N2O4/c1-2-16(7-10(17)18)12(19)15-8-5-3-4-6-9(8)20-11(13)14/h3-6,11H,2,7H2,1H3,(H,15,19)(H,17,18). The van der Waals surface area contributed by atoms with Gasteiger partial charge >= 0.3 is 18.6 Å². The summed E-state index contributed by atoms with van der Waals surface area (Å²) in [7, 11) is 0. The zero-order valence-corrected chi connectivity index (χ0v) is 10.7. The number of urea groups is 1. The second-order valence-electron chi connectivity index (χ2n) is 3.71. The first-order chi connectivity index (χ1) is 9.43. The maximum absolute atomic E-state index is 12.2. The van der Waals surface area contributed by atoms with E-state index in [0.29, 0.717) is 0 Å². The fourth-order valence-electron chi connectivity index (χ4n) is 1.45. The molecule has 0 fully saturated rings. The molecule has 1 aromatic carbocycles. The van der Waals surface area contributed by atoms with Crippen LogP contribution < -0.4 is 10.1 Å². The number of aliphatic carboxylic acids is 1. The Kier molecular flexibility index (Phi) is 5.70. The smallest absolute Gasteiger partial charge is 0.387 e. The number of amides is 2. The van der Waals surface area contributed by atoms with Gasteiger partial charge in [-0.15, -0.1) is 0 Å². The molecule has 2 amide bonds. The Morgan fingerprint density at radius 2 is 2.05 bits per heavy atom. The molecule has 6 nitrogen and oxygen atoms in total. The zero-order valence-electron chi connectivity index (χ0n) is 10.7. The molecule has 2 N–H and O–H groups in total. The highest BCUT2D eigenvalue weighted by Gasteiger charge is 2.17. The van der Waals surface area contributed by atoms with Gasteiger partial charge in [0.2, 0.25) is 0 Å². The lowest BCUT2D eigenvalue weighted by molar-refractivity contribution is -0.137. The van der Waals surface area contributed by atoms with E-state index in [9.17, 15) is 18.4 Å². The molecule has 0 aromatic heterocycles. The second-order valence-corrected chi connectivity index (χ2v) is 3.71. The summed E-state index contributed by atoms with van der Waals surface area (Å²) < 4.78 is 28.7. The van der Waals surface area contributed by atoms with Crippen molar-refractivity contribution in [3.05, 3.63) is 24.3 Å². The van der Waals surface area contributed by atoms with Gasteiger partial charge in [0.05, 0.1) is 5.69 Å². The summed E-state index contributed by atoms with van der Waals surface area (Å²) in [6, 6.07) is 4.95. The average molecular weight is 288 g/mol. The molecule has 20 heavy (non-hydrogen) atoms. The quantitative estimate of drug-likeness (QED) is 0.841. The van der Waals surface area contributed by atoms with Gasteiger partial charge in [0, 0.05) is 6.54 Å². The number of carbonyl (C=O) groups excluding carboxylic acids is 1. The van der Waals surface area contributed by atoms with Gasteiger partial charge in [0.15, 0.2) is 0 Å². The van der Waals surface area contributed by atoms with E-state index in [-0.39, 0.29) is 18.0 Å². The molecule has 1 aromatic rings. The third-order valence-electron chi connectivity index (χ3n) is 2.34. The van der Waals surface area contributed by atoms with Crippen molar-refractivity contribution in [1.82, 2.24) is 4.90 Å². The number of likely N-dealkylation sites (N-methyl/N-ethyl adjacent to an activating group) is 1. The lowest BCUT2D eigenvalue weighted by Gasteiger charge is -2.20. The van der Waals surface area contributed by atoms with Crippen molar-refractivity contribution in [2.24, 2.45) is 0 Å². The number of ether oxygens (including phenoxy) is 1. The molecule has 0 atom stereocenters. The number of anilines is 1. The zero-order chi connectivity index (χ0) is 15.1. The molecular weight excluding hydrogens is 274 g/mol. The number of alkyl halides is 2. The highest BCUT2D eigenvalue weighted by molar-refractivity contribution is 5.92. The van der Waals surface area contributed by atoms with Crippen LogP contribution in [0.1, 0.15) is 6.92 Å². The molecule has 0 unspecified atom stereocenters. The predicted molar refractivity (Wildman–Crippen MR) is 67.0 cm³/mol. The summed E-state index contributed by atoms with van der Waals surface area (Å²) in [6.07, 6.45) is 0. The van der Waals surface area contributed by atoms with Gasteiger partial charge in [-0.3, -0.25) is 4.79 Å². The summed E-state index contributed by atoms with van der Waals surface area (Å²) >= 11 is 0. The number of nitrogens with one attached hydrogen (secondary N) is 1. The number of carbonyl (C=O) groups is 2. The molecule has 0 heterocycles. The van der Waals surface area contributed by atoms with Crippen molar-refractivity contribution < 1.29 is 28.2 Å². The first-order valence-electron chi connectivity index (χ1n) is 5.75. The Balaban J connectivity index is 2.81. The van der Waals surface area contributed by atoms with Gasteiger partial charge in [0.1, 0.15) is 12.3 Å². The minimum Gasteiger partial charge on any atom is -0.480 e. The summed E-state index contributed by atoms with van der Waals surface area (Å²) in [5, 5.41) is 11.0. The summed E-state index contributed by atoms with van der Waals surface area (Å²) in [6.45, 7) is -1.74. The first-order valence-corrected chi connectivity index (χ1v) is 5.75. The van der Waals surface area contributed by atoms with E-state index in [1.54, 1.807) is 6.92 Å². The molecule has 0 aliphatic heterocycles. The van der Waals surface area contributed by atoms with E-state index in [4.69, 9.17) is 5.11 Å². The number of rotatable bonds is 6. The Morgan fingerprint density at radius 1 is 1.40 bits per heavy atom. The van der Waals surface area contributed by atoms with Crippen molar-refractivity contribution in [2.45, 2.75) is 13.5 Å². The van der Waals surface area contributed by atoms with Gasteiger partial charge in [-0.2, -0.15) is 8.78 Å². The largest absolute Gasteiger partial charge is 0.480 e. The fraction of sp³-hybridized carbons (Fsp3) is 0.333. The van der Waals surface area contributed by atoms with E-state index in [2.05, 4.69) is 10.1 Å². The summed E-state index contributed by atoms with van der Waals surface area (Å²) in [4.78, 5) is 23.4. The van der Waals surface area contributed by atoms with Crippen LogP contribution in [0.25, 0.3) is 0 Å². The van der Waals surface area contributed by atoms with Crippen LogP contribution in [0.3, 0.4) is 0 Å². The van der Waals surface area contributed by atoms with Gasteiger partial charge in [-0.05, 0) is 19.1 Å². The molecule has 0 aliphatic carbocycles. The van der Waals surface area contributed by atoms with Crippen molar-refractivity contribution in [3.63, 3.8) is 0 Å². The van der Waals surface area contributed by atoms with Crippen LogP contribution in [0.4, 0.5) is 19.3 Å². The van der Waals surface area contributed by atoms with E-state index in [0.717, 1.165) is 4.90 Å². The molecule has 0 saturated carbocycles. The summed E-state index contributed by atoms with van der Waals surface area (Å²) in [5.74, 6) is -1.36. The number of carboxylic acid groups (broad SMARTS) is 1. The Morgan fingerprint density at radius 3 is 2.60 bits per heavy atom. The van der Waals surface area contributed by atoms with E-state index >= 15 is 0 Å². The van der Waals surface area contributed by atoms with Crippen molar-refractivity contribution in [1.29, 1.82) is 0 Å². The minimum atomic E-state index is -3.02. The van der Waals surface area contributed by atoms with Crippen molar-refractivity contribution in [3.8, 4) is 5.75 Å². The Labute approximate surface area is 113 Å². The molecule has 0 radical (unpaired) electrons. The van der Waals surface area contributed by atoms with Crippen LogP contribution in [0, 0.1) is 0 Å². The molecule has 0 saturated heterocycles. The third kappa shape index (κ3) is 4.71. The van der Waals surface area contributed by atoms with Gasteiger partial charge < -0.3 is 20.1 Å². The maximum Gasteiger partial charge on any atom is 0.387 e. The van der Waals surface area contributed by atoms with E-state index < -0.39 is 25.2 Å². The van der Waals surface area contributed by atoms with E-state index in [1.807, 2.05) is 0 Å². The topological polar surface area (TPSA) is 78.9 Å². The van der Waals surface area contributed by atoms with Crippen LogP contribution in [-0.4, -0.2) is 41.7 Å². The molecule has 0 aliphatic rings. The average Bonchev–Trinajstić information content (AvgIpc) is 2.37. The van der Waals surface area contributed by atoms with Crippen molar-refractivity contribution in [2.75, 3.05) is 18.4 Å². The monoisotopic (exact) mass is 288 g/mol. The predicted octanol–water partition coefficient (Wildman–Crippen LogP) is 2.23.